The zero-order valence-electron chi connectivity index (χ0n) is 20.3. The SMILES string of the molecule is C=CC[C@@]1(C)C[C@H](c2cccc(Cl)c2)[C@@H](c2ccc(Cl)cc2)N(C(CC)CN2CCOC2=O)C1=O. The number of carbonyl (C=O) groups is 2. The van der Waals surface area contributed by atoms with Crippen LogP contribution in [0.2, 0.25) is 10.0 Å². The Balaban J connectivity index is 1.86. The van der Waals surface area contributed by atoms with Gasteiger partial charge in [0.1, 0.15) is 6.61 Å². The minimum absolute atomic E-state index is 0.00268. The van der Waals surface area contributed by atoms with Crippen LogP contribution in [0.25, 0.3) is 0 Å². The second kappa shape index (κ2) is 10.6. The van der Waals surface area contributed by atoms with Gasteiger partial charge in [-0.2, -0.15) is 0 Å². The molecule has 186 valence electrons. The summed E-state index contributed by atoms with van der Waals surface area (Å²) in [6.45, 7) is 9.37. The predicted octanol–water partition coefficient (Wildman–Crippen LogP) is 6.86. The number of hydrogen-bond donors (Lipinski definition) is 0. The summed E-state index contributed by atoms with van der Waals surface area (Å²) in [7, 11) is 0. The van der Waals surface area contributed by atoms with Gasteiger partial charge in [0.2, 0.25) is 5.91 Å². The number of benzene rings is 2. The fourth-order valence-corrected chi connectivity index (χ4v) is 5.87. The van der Waals surface area contributed by atoms with E-state index >= 15 is 0 Å². The van der Waals surface area contributed by atoms with Gasteiger partial charge < -0.3 is 14.5 Å². The first-order valence-electron chi connectivity index (χ1n) is 12.1. The molecule has 0 saturated carbocycles. The van der Waals surface area contributed by atoms with E-state index in [-0.39, 0.29) is 30.0 Å². The second-order valence-corrected chi connectivity index (χ2v) is 10.6. The van der Waals surface area contributed by atoms with Crippen molar-refractivity contribution in [2.24, 2.45) is 5.41 Å². The summed E-state index contributed by atoms with van der Waals surface area (Å²) >= 11 is 12.7. The molecule has 2 aliphatic rings. The predicted molar refractivity (Wildman–Crippen MR) is 140 cm³/mol. The highest BCUT2D eigenvalue weighted by Crippen LogP contribution is 2.52. The summed E-state index contributed by atoms with van der Waals surface area (Å²) in [5.41, 5.74) is 1.47. The van der Waals surface area contributed by atoms with Crippen molar-refractivity contribution in [3.63, 3.8) is 0 Å². The highest BCUT2D eigenvalue weighted by atomic mass is 35.5. The standard InChI is InChI=1S/C28H32Cl2N2O3/c1-4-13-28(3)17-24(20-7-6-8-22(30)16-20)25(19-9-11-21(29)12-10-19)32(26(28)33)23(5-2)18-31-14-15-35-27(31)34/h4,6-12,16,23-25H,1,5,13-15,17-18H2,2-3H3/t23?,24-,25-,28+/m1/s1. The third-order valence-electron chi connectivity index (χ3n) is 7.33. The first-order chi connectivity index (χ1) is 16.8. The van der Waals surface area contributed by atoms with E-state index in [1.54, 1.807) is 4.90 Å². The van der Waals surface area contributed by atoms with Crippen LogP contribution in [0.4, 0.5) is 4.79 Å². The molecule has 2 aliphatic heterocycles. The molecule has 5 nitrogen and oxygen atoms in total. The van der Waals surface area contributed by atoms with Gasteiger partial charge >= 0.3 is 6.09 Å². The van der Waals surface area contributed by atoms with Crippen LogP contribution in [0.3, 0.4) is 0 Å². The number of carbonyl (C=O) groups excluding carboxylic acids is 2. The van der Waals surface area contributed by atoms with Gasteiger partial charge in [-0.25, -0.2) is 4.79 Å². The van der Waals surface area contributed by atoms with Gasteiger partial charge in [-0.15, -0.1) is 6.58 Å². The molecule has 0 spiro atoms. The lowest BCUT2D eigenvalue weighted by atomic mass is 9.67. The third kappa shape index (κ3) is 5.22. The van der Waals surface area contributed by atoms with Crippen molar-refractivity contribution >= 4 is 35.2 Å². The van der Waals surface area contributed by atoms with Crippen molar-refractivity contribution in [3.8, 4) is 0 Å². The van der Waals surface area contributed by atoms with Crippen molar-refractivity contribution in [1.82, 2.24) is 9.80 Å². The van der Waals surface area contributed by atoms with Crippen molar-refractivity contribution in [3.05, 3.63) is 82.4 Å². The lowest BCUT2D eigenvalue weighted by molar-refractivity contribution is -0.155. The molecule has 2 heterocycles. The van der Waals surface area contributed by atoms with Gasteiger partial charge in [0.05, 0.1) is 18.0 Å². The second-order valence-electron chi connectivity index (χ2n) is 9.75. The zero-order chi connectivity index (χ0) is 25.2. The van der Waals surface area contributed by atoms with Gasteiger partial charge in [0, 0.05) is 28.5 Å². The van der Waals surface area contributed by atoms with Crippen molar-refractivity contribution in [2.75, 3.05) is 19.7 Å². The van der Waals surface area contributed by atoms with E-state index in [9.17, 15) is 9.59 Å². The Morgan fingerprint density at radius 1 is 1.14 bits per heavy atom. The summed E-state index contributed by atoms with van der Waals surface area (Å²) in [5.74, 6) is 0.0761. The maximum absolute atomic E-state index is 14.3. The Labute approximate surface area is 217 Å². The Bertz CT molecular complexity index is 1090. The molecule has 0 radical (unpaired) electrons. The lowest BCUT2D eigenvalue weighted by Gasteiger charge is -2.52. The molecule has 2 aromatic rings. The number of hydrogen-bond acceptors (Lipinski definition) is 3. The Morgan fingerprint density at radius 3 is 2.49 bits per heavy atom. The van der Waals surface area contributed by atoms with Crippen LogP contribution >= 0.6 is 23.2 Å². The van der Waals surface area contributed by atoms with E-state index in [0.717, 1.165) is 11.1 Å². The van der Waals surface area contributed by atoms with Crippen molar-refractivity contribution in [1.29, 1.82) is 0 Å². The number of piperidine rings is 1. The number of likely N-dealkylation sites (tertiary alicyclic amines) is 1. The molecule has 1 unspecified atom stereocenters. The molecular formula is C28H32Cl2N2O3. The summed E-state index contributed by atoms with van der Waals surface area (Å²) in [6, 6.07) is 15.2. The fourth-order valence-electron chi connectivity index (χ4n) is 5.55. The normalized spacial score (nSPS) is 25.5. The molecule has 4 rings (SSSR count). The summed E-state index contributed by atoms with van der Waals surface area (Å²) in [6.07, 6.45) is 3.42. The van der Waals surface area contributed by atoms with E-state index in [2.05, 4.69) is 19.6 Å². The summed E-state index contributed by atoms with van der Waals surface area (Å²) in [4.78, 5) is 30.3. The number of amides is 2. The molecule has 0 N–H and O–H groups in total. The van der Waals surface area contributed by atoms with E-state index in [4.69, 9.17) is 27.9 Å². The van der Waals surface area contributed by atoms with E-state index in [0.29, 0.717) is 49.0 Å². The van der Waals surface area contributed by atoms with Crippen LogP contribution in [0.1, 0.15) is 56.2 Å². The fraction of sp³-hybridized carbons (Fsp3) is 0.429. The Kier molecular flexibility index (Phi) is 7.77. The minimum Gasteiger partial charge on any atom is -0.448 e. The average Bonchev–Trinajstić information content (AvgIpc) is 3.24. The van der Waals surface area contributed by atoms with Crippen LogP contribution < -0.4 is 0 Å². The van der Waals surface area contributed by atoms with Crippen LogP contribution in [0, 0.1) is 5.41 Å². The monoisotopic (exact) mass is 514 g/mol. The third-order valence-corrected chi connectivity index (χ3v) is 7.81. The van der Waals surface area contributed by atoms with Gasteiger partial charge in [-0.05, 0) is 54.7 Å². The largest absolute Gasteiger partial charge is 0.448 e. The molecule has 7 heteroatoms. The van der Waals surface area contributed by atoms with Gasteiger partial charge in [-0.3, -0.25) is 4.79 Å². The number of ether oxygens (including phenoxy) is 1. The topological polar surface area (TPSA) is 49.9 Å². The molecule has 2 amide bonds. The van der Waals surface area contributed by atoms with Gasteiger partial charge in [-0.1, -0.05) is 67.4 Å². The highest BCUT2D eigenvalue weighted by molar-refractivity contribution is 6.30. The number of cyclic esters (lactones) is 1. The molecule has 2 aromatic carbocycles. The first-order valence-corrected chi connectivity index (χ1v) is 12.9. The Hall–Kier alpha value is -2.50. The molecule has 0 bridgehead atoms. The van der Waals surface area contributed by atoms with Crippen molar-refractivity contribution < 1.29 is 14.3 Å². The van der Waals surface area contributed by atoms with E-state index in [1.807, 2.05) is 60.4 Å². The van der Waals surface area contributed by atoms with Crippen LogP contribution in [-0.4, -0.2) is 47.5 Å². The average molecular weight is 515 g/mol. The van der Waals surface area contributed by atoms with Crippen molar-refractivity contribution in [2.45, 2.75) is 51.1 Å². The van der Waals surface area contributed by atoms with Crippen LogP contribution in [0.5, 0.6) is 0 Å². The molecule has 35 heavy (non-hydrogen) atoms. The van der Waals surface area contributed by atoms with Crippen LogP contribution in [-0.2, 0) is 9.53 Å². The molecule has 0 aliphatic carbocycles. The molecular weight excluding hydrogens is 483 g/mol. The highest BCUT2D eigenvalue weighted by Gasteiger charge is 2.51. The lowest BCUT2D eigenvalue weighted by Crippen LogP contribution is -2.57. The smallest absolute Gasteiger partial charge is 0.410 e. The maximum Gasteiger partial charge on any atom is 0.410 e. The molecule has 2 saturated heterocycles. The number of allylic oxidation sites excluding steroid dienone is 1. The van der Waals surface area contributed by atoms with Crippen LogP contribution in [0.15, 0.2) is 61.2 Å². The number of halogens is 2. The number of rotatable bonds is 8. The number of nitrogens with zero attached hydrogens (tertiary/aromatic N) is 2. The molecule has 2 fully saturated rings. The van der Waals surface area contributed by atoms with Gasteiger partial charge in [0.25, 0.3) is 0 Å². The van der Waals surface area contributed by atoms with E-state index < -0.39 is 5.41 Å². The quantitative estimate of drug-likeness (QED) is 0.361. The van der Waals surface area contributed by atoms with Gasteiger partial charge in [0.15, 0.2) is 0 Å². The summed E-state index contributed by atoms with van der Waals surface area (Å²) < 4.78 is 5.17. The first kappa shape index (κ1) is 25.6. The zero-order valence-corrected chi connectivity index (χ0v) is 21.8. The Morgan fingerprint density at radius 2 is 1.89 bits per heavy atom. The van der Waals surface area contributed by atoms with E-state index in [1.165, 1.54) is 0 Å². The maximum atomic E-state index is 14.3. The summed E-state index contributed by atoms with van der Waals surface area (Å²) in [5, 5.41) is 1.31. The molecule has 4 atom stereocenters. The minimum atomic E-state index is -0.628. The molecule has 0 aromatic heterocycles.